The van der Waals surface area contributed by atoms with Gasteiger partial charge in [-0.3, -0.25) is 5.10 Å². The number of H-pyrrole nitrogens is 1. The summed E-state index contributed by atoms with van der Waals surface area (Å²) in [7, 11) is 1.71. The van der Waals surface area contributed by atoms with E-state index in [1.54, 1.807) is 7.11 Å². The van der Waals surface area contributed by atoms with E-state index in [1.807, 2.05) is 24.3 Å². The topological polar surface area (TPSA) is 37.9 Å². The Bertz CT molecular complexity index is 716. The smallest absolute Gasteiger partial charge is 0.122 e. The van der Waals surface area contributed by atoms with E-state index in [1.165, 1.54) is 5.56 Å². The van der Waals surface area contributed by atoms with Gasteiger partial charge in [-0.05, 0) is 36.2 Å². The van der Waals surface area contributed by atoms with Crippen LogP contribution < -0.4 is 4.74 Å². The predicted octanol–water partition coefficient (Wildman–Crippen LogP) is 3.80. The Morgan fingerprint density at radius 2 is 2.00 bits per heavy atom. The third-order valence-corrected chi connectivity index (χ3v) is 3.41. The summed E-state index contributed by atoms with van der Waals surface area (Å²) in [4.78, 5) is 0. The maximum atomic E-state index is 5.37. The van der Waals surface area contributed by atoms with Gasteiger partial charge in [0.15, 0.2) is 0 Å². The molecule has 0 saturated heterocycles. The number of methoxy groups -OCH3 is 1. The highest BCUT2D eigenvalue weighted by Crippen LogP contribution is 2.30. The molecule has 19 heavy (non-hydrogen) atoms. The van der Waals surface area contributed by atoms with Crippen LogP contribution in [0.3, 0.4) is 0 Å². The zero-order valence-corrected chi connectivity index (χ0v) is 11.1. The van der Waals surface area contributed by atoms with Crippen LogP contribution >= 0.6 is 0 Å². The molecule has 0 spiro atoms. The van der Waals surface area contributed by atoms with Crippen molar-refractivity contribution < 1.29 is 4.74 Å². The van der Waals surface area contributed by atoms with Gasteiger partial charge < -0.3 is 4.74 Å². The Morgan fingerprint density at radius 3 is 2.79 bits per heavy atom. The van der Waals surface area contributed by atoms with Crippen molar-refractivity contribution in [1.29, 1.82) is 0 Å². The Labute approximate surface area is 112 Å². The lowest BCUT2D eigenvalue weighted by Gasteiger charge is -2.08. The lowest BCUT2D eigenvalue weighted by Crippen LogP contribution is -1.91. The maximum absolute atomic E-state index is 5.37. The molecule has 3 heteroatoms. The zero-order valence-electron chi connectivity index (χ0n) is 11.1. The van der Waals surface area contributed by atoms with Crippen molar-refractivity contribution in [2.75, 3.05) is 7.11 Å². The van der Waals surface area contributed by atoms with Crippen molar-refractivity contribution >= 4 is 10.9 Å². The molecular weight excluding hydrogens is 236 g/mol. The summed E-state index contributed by atoms with van der Waals surface area (Å²) < 4.78 is 5.37. The molecule has 1 heterocycles. The fourth-order valence-corrected chi connectivity index (χ4v) is 2.39. The van der Waals surface area contributed by atoms with E-state index >= 15 is 0 Å². The quantitative estimate of drug-likeness (QED) is 0.770. The van der Waals surface area contributed by atoms with Crippen LogP contribution in [0.5, 0.6) is 5.75 Å². The predicted molar refractivity (Wildman–Crippen MR) is 77.5 cm³/mol. The molecule has 0 aliphatic carbocycles. The van der Waals surface area contributed by atoms with E-state index in [4.69, 9.17) is 4.74 Å². The number of hydrogen-bond acceptors (Lipinski definition) is 2. The van der Waals surface area contributed by atoms with Crippen molar-refractivity contribution in [3.63, 3.8) is 0 Å². The number of para-hydroxylation sites is 1. The fraction of sp³-hybridized carbons (Fsp3) is 0.188. The third-order valence-electron chi connectivity index (χ3n) is 3.41. The summed E-state index contributed by atoms with van der Waals surface area (Å²) in [6, 6.07) is 14.4. The van der Waals surface area contributed by atoms with Crippen molar-refractivity contribution in [2.45, 2.75) is 13.3 Å². The van der Waals surface area contributed by atoms with Gasteiger partial charge in [0.2, 0.25) is 0 Å². The highest BCUT2D eigenvalue weighted by molar-refractivity contribution is 5.92. The molecule has 0 saturated carbocycles. The Morgan fingerprint density at radius 1 is 1.16 bits per heavy atom. The standard InChI is InChI=1S/C16H16N2O/c1-3-11-10-12(8-9-15(11)19-2)16-13-6-4-5-7-14(13)17-18-16/h4-10H,3H2,1-2H3,(H,17,18). The van der Waals surface area contributed by atoms with E-state index in [2.05, 4.69) is 35.3 Å². The van der Waals surface area contributed by atoms with Gasteiger partial charge in [-0.1, -0.05) is 25.1 Å². The first-order valence-electron chi connectivity index (χ1n) is 6.44. The van der Waals surface area contributed by atoms with Crippen LogP contribution in [0.15, 0.2) is 42.5 Å². The number of ether oxygens (including phenoxy) is 1. The second kappa shape index (κ2) is 4.76. The van der Waals surface area contributed by atoms with Crippen molar-refractivity contribution in [2.24, 2.45) is 0 Å². The van der Waals surface area contributed by atoms with Crippen molar-refractivity contribution in [1.82, 2.24) is 10.2 Å². The summed E-state index contributed by atoms with van der Waals surface area (Å²) in [5.41, 5.74) is 4.38. The van der Waals surface area contributed by atoms with Gasteiger partial charge in [0.05, 0.1) is 18.3 Å². The number of nitrogens with one attached hydrogen (secondary N) is 1. The number of nitrogens with zero attached hydrogens (tertiary/aromatic N) is 1. The summed E-state index contributed by atoms with van der Waals surface area (Å²) in [6.45, 7) is 2.13. The van der Waals surface area contributed by atoms with Crippen LogP contribution in [0.4, 0.5) is 0 Å². The van der Waals surface area contributed by atoms with E-state index in [9.17, 15) is 0 Å². The third kappa shape index (κ3) is 1.97. The Kier molecular flexibility index (Phi) is 2.95. The van der Waals surface area contributed by atoms with Crippen LogP contribution in [0.2, 0.25) is 0 Å². The monoisotopic (exact) mass is 252 g/mol. The minimum absolute atomic E-state index is 0.936. The van der Waals surface area contributed by atoms with E-state index in [0.717, 1.165) is 34.3 Å². The number of aryl methyl sites for hydroxylation is 1. The highest BCUT2D eigenvalue weighted by Gasteiger charge is 2.10. The van der Waals surface area contributed by atoms with Gasteiger partial charge in [-0.2, -0.15) is 5.10 Å². The average molecular weight is 252 g/mol. The lowest BCUT2D eigenvalue weighted by molar-refractivity contribution is 0.410. The molecule has 0 atom stereocenters. The van der Waals surface area contributed by atoms with Gasteiger partial charge in [0.1, 0.15) is 5.75 Å². The van der Waals surface area contributed by atoms with Crippen LogP contribution in [-0.4, -0.2) is 17.3 Å². The molecule has 2 aromatic carbocycles. The molecule has 0 unspecified atom stereocenters. The maximum Gasteiger partial charge on any atom is 0.122 e. The van der Waals surface area contributed by atoms with E-state index < -0.39 is 0 Å². The molecule has 0 radical (unpaired) electrons. The largest absolute Gasteiger partial charge is 0.496 e. The number of aromatic amines is 1. The fourth-order valence-electron chi connectivity index (χ4n) is 2.39. The molecule has 1 N–H and O–H groups in total. The number of rotatable bonds is 3. The lowest BCUT2D eigenvalue weighted by atomic mass is 10.0. The highest BCUT2D eigenvalue weighted by atomic mass is 16.5. The molecule has 0 aliphatic heterocycles. The molecule has 3 rings (SSSR count). The molecule has 0 fully saturated rings. The zero-order chi connectivity index (χ0) is 13.2. The molecule has 0 amide bonds. The SMILES string of the molecule is CCc1cc(-c2n[nH]c3ccccc23)ccc1OC. The van der Waals surface area contributed by atoms with E-state index in [0.29, 0.717) is 0 Å². The summed E-state index contributed by atoms with van der Waals surface area (Å²) in [5, 5.41) is 8.65. The molecule has 1 aromatic heterocycles. The van der Waals surface area contributed by atoms with Gasteiger partial charge in [-0.15, -0.1) is 0 Å². The molecule has 3 nitrogen and oxygen atoms in total. The van der Waals surface area contributed by atoms with Crippen LogP contribution in [0.25, 0.3) is 22.2 Å². The normalized spacial score (nSPS) is 10.8. The Hall–Kier alpha value is -2.29. The molecule has 96 valence electrons. The van der Waals surface area contributed by atoms with Gasteiger partial charge in [0, 0.05) is 10.9 Å². The van der Waals surface area contributed by atoms with Crippen LogP contribution in [0, 0.1) is 0 Å². The summed E-state index contributed by atoms with van der Waals surface area (Å²) in [5.74, 6) is 0.936. The van der Waals surface area contributed by atoms with E-state index in [-0.39, 0.29) is 0 Å². The second-order valence-electron chi connectivity index (χ2n) is 4.50. The second-order valence-corrected chi connectivity index (χ2v) is 4.50. The molecule has 3 aromatic rings. The minimum atomic E-state index is 0.936. The number of hydrogen-bond donors (Lipinski definition) is 1. The first kappa shape index (κ1) is 11.8. The van der Waals surface area contributed by atoms with Crippen molar-refractivity contribution in [3.05, 3.63) is 48.0 Å². The average Bonchev–Trinajstić information content (AvgIpc) is 2.90. The number of benzene rings is 2. The number of aromatic nitrogens is 2. The Balaban J connectivity index is 2.16. The first-order valence-corrected chi connectivity index (χ1v) is 6.44. The first-order chi connectivity index (χ1) is 9.33. The molecule has 0 bridgehead atoms. The summed E-state index contributed by atoms with van der Waals surface area (Å²) >= 11 is 0. The van der Waals surface area contributed by atoms with Gasteiger partial charge >= 0.3 is 0 Å². The van der Waals surface area contributed by atoms with Crippen LogP contribution in [-0.2, 0) is 6.42 Å². The molecule has 0 aliphatic rings. The molecular formula is C16H16N2O. The summed E-state index contributed by atoms with van der Waals surface area (Å²) in [6.07, 6.45) is 0.944. The minimum Gasteiger partial charge on any atom is -0.496 e. The number of fused-ring (bicyclic) bond motifs is 1. The van der Waals surface area contributed by atoms with Crippen molar-refractivity contribution in [3.8, 4) is 17.0 Å². The van der Waals surface area contributed by atoms with Gasteiger partial charge in [-0.25, -0.2) is 0 Å². The van der Waals surface area contributed by atoms with Gasteiger partial charge in [0.25, 0.3) is 0 Å². The van der Waals surface area contributed by atoms with Crippen LogP contribution in [0.1, 0.15) is 12.5 Å².